The molecule has 1 aliphatic carbocycles. The third-order valence-electron chi connectivity index (χ3n) is 2.29. The molecule has 0 aromatic carbocycles. The highest BCUT2D eigenvalue weighted by atomic mass is 16.4. The zero-order chi connectivity index (χ0) is 10.1. The Morgan fingerprint density at radius 1 is 1.29 bits per heavy atom. The fourth-order valence-electron chi connectivity index (χ4n) is 1.38. The molecule has 74 valence electrons. The summed E-state index contributed by atoms with van der Waals surface area (Å²) in [4.78, 5) is 21.9. The molecule has 1 saturated carbocycles. The average Bonchev–Trinajstić information content (AvgIpc) is 2.80. The van der Waals surface area contributed by atoms with Gasteiger partial charge in [0.2, 0.25) is 5.91 Å². The molecule has 0 spiro atoms. The van der Waals surface area contributed by atoms with Crippen molar-refractivity contribution >= 4 is 11.9 Å². The van der Waals surface area contributed by atoms with E-state index < -0.39 is 11.9 Å². The molecular weight excluding hydrogens is 184 g/mol. The Bertz CT molecular complexity index is 358. The topological polar surface area (TPSA) is 71.3 Å². The van der Waals surface area contributed by atoms with Crippen LogP contribution in [0, 0.1) is 11.8 Å². The van der Waals surface area contributed by atoms with E-state index >= 15 is 0 Å². The molecule has 0 bridgehead atoms. The standard InChI is InChI=1S/C9H10N2O3/c12-8(6-5-7(6)9(13)14)10-11-3-1-2-4-11/h1-4,6-7H,5H2,(H,10,12)(H,13,14)/t6-,7+/m1/s1. The molecule has 2 atom stereocenters. The number of hydrogen-bond donors (Lipinski definition) is 2. The van der Waals surface area contributed by atoms with E-state index in [1.54, 1.807) is 24.5 Å². The quantitative estimate of drug-likeness (QED) is 0.725. The Balaban J connectivity index is 1.90. The van der Waals surface area contributed by atoms with Crippen molar-refractivity contribution in [3.63, 3.8) is 0 Å². The van der Waals surface area contributed by atoms with E-state index in [0.717, 1.165) is 0 Å². The van der Waals surface area contributed by atoms with Crippen LogP contribution in [0.15, 0.2) is 24.5 Å². The number of carboxylic acid groups (broad SMARTS) is 1. The first kappa shape index (κ1) is 8.80. The van der Waals surface area contributed by atoms with E-state index in [1.807, 2.05) is 0 Å². The second-order valence-corrected chi connectivity index (χ2v) is 3.35. The lowest BCUT2D eigenvalue weighted by molar-refractivity contribution is -0.139. The Morgan fingerprint density at radius 2 is 1.93 bits per heavy atom. The number of carbonyl (C=O) groups excluding carboxylic acids is 1. The van der Waals surface area contributed by atoms with Gasteiger partial charge in [-0.25, -0.2) is 0 Å². The first-order chi connectivity index (χ1) is 6.68. The highest BCUT2D eigenvalue weighted by Crippen LogP contribution is 2.38. The van der Waals surface area contributed by atoms with E-state index in [0.29, 0.717) is 6.42 Å². The third-order valence-corrected chi connectivity index (χ3v) is 2.29. The van der Waals surface area contributed by atoms with E-state index in [2.05, 4.69) is 5.43 Å². The van der Waals surface area contributed by atoms with Crippen LogP contribution in [0.1, 0.15) is 6.42 Å². The largest absolute Gasteiger partial charge is 0.481 e. The van der Waals surface area contributed by atoms with Gasteiger partial charge in [-0.2, -0.15) is 0 Å². The van der Waals surface area contributed by atoms with Crippen molar-refractivity contribution in [1.29, 1.82) is 0 Å². The second-order valence-electron chi connectivity index (χ2n) is 3.35. The lowest BCUT2D eigenvalue weighted by atomic mass is 10.3. The third kappa shape index (κ3) is 1.61. The van der Waals surface area contributed by atoms with Crippen LogP contribution in [0.5, 0.6) is 0 Å². The number of rotatable bonds is 3. The van der Waals surface area contributed by atoms with Crippen LogP contribution in [0.3, 0.4) is 0 Å². The van der Waals surface area contributed by atoms with Gasteiger partial charge in [0, 0.05) is 12.4 Å². The predicted molar refractivity (Wildman–Crippen MR) is 48.0 cm³/mol. The summed E-state index contributed by atoms with van der Waals surface area (Å²) in [5, 5.41) is 8.61. The molecule has 5 nitrogen and oxygen atoms in total. The summed E-state index contributed by atoms with van der Waals surface area (Å²) in [6.45, 7) is 0. The number of carbonyl (C=O) groups is 2. The maximum atomic E-state index is 11.4. The number of hydrogen-bond acceptors (Lipinski definition) is 2. The fraction of sp³-hybridized carbons (Fsp3) is 0.333. The highest BCUT2D eigenvalue weighted by Gasteiger charge is 2.48. The molecule has 1 aromatic rings. The minimum absolute atomic E-state index is 0.228. The van der Waals surface area contributed by atoms with E-state index in [4.69, 9.17) is 5.11 Å². The van der Waals surface area contributed by atoms with Crippen LogP contribution < -0.4 is 5.43 Å². The van der Waals surface area contributed by atoms with Gasteiger partial charge in [0.05, 0.1) is 11.8 Å². The monoisotopic (exact) mass is 194 g/mol. The van der Waals surface area contributed by atoms with Gasteiger partial charge < -0.3 is 5.11 Å². The molecule has 0 unspecified atom stereocenters. The first-order valence-electron chi connectivity index (χ1n) is 4.35. The fourth-order valence-corrected chi connectivity index (χ4v) is 1.38. The summed E-state index contributed by atoms with van der Waals surface area (Å²) < 4.78 is 1.51. The summed E-state index contributed by atoms with van der Waals surface area (Å²) in [5.41, 5.74) is 2.58. The minimum atomic E-state index is -0.891. The van der Waals surface area contributed by atoms with Crippen molar-refractivity contribution in [3.8, 4) is 0 Å². The summed E-state index contributed by atoms with van der Waals surface area (Å²) in [5.74, 6) is -1.98. The second kappa shape index (κ2) is 3.17. The number of amides is 1. The van der Waals surface area contributed by atoms with Gasteiger partial charge >= 0.3 is 5.97 Å². The highest BCUT2D eigenvalue weighted by molar-refractivity contribution is 5.93. The van der Waals surface area contributed by atoms with Crippen molar-refractivity contribution in [2.75, 3.05) is 5.43 Å². The minimum Gasteiger partial charge on any atom is -0.481 e. The summed E-state index contributed by atoms with van der Waals surface area (Å²) >= 11 is 0. The number of nitrogens with one attached hydrogen (secondary N) is 1. The molecule has 0 aliphatic heterocycles. The maximum Gasteiger partial charge on any atom is 0.307 e. The zero-order valence-corrected chi connectivity index (χ0v) is 7.38. The Morgan fingerprint density at radius 3 is 2.43 bits per heavy atom. The molecule has 1 fully saturated rings. The van der Waals surface area contributed by atoms with Crippen molar-refractivity contribution in [2.24, 2.45) is 11.8 Å². The van der Waals surface area contributed by atoms with Crippen LogP contribution in [0.2, 0.25) is 0 Å². The number of aliphatic carboxylic acids is 1. The summed E-state index contributed by atoms with van der Waals surface area (Å²) in [6, 6.07) is 3.56. The molecule has 2 rings (SSSR count). The van der Waals surface area contributed by atoms with E-state index in [-0.39, 0.29) is 11.8 Å². The Labute approximate surface area is 80.3 Å². The summed E-state index contributed by atoms with van der Waals surface area (Å²) in [7, 11) is 0. The van der Waals surface area contributed by atoms with E-state index in [9.17, 15) is 9.59 Å². The maximum absolute atomic E-state index is 11.4. The van der Waals surface area contributed by atoms with Gasteiger partial charge in [-0.15, -0.1) is 0 Å². The molecule has 1 aliphatic rings. The number of nitrogens with zero attached hydrogens (tertiary/aromatic N) is 1. The Kier molecular flexibility index (Phi) is 1.99. The molecule has 1 aromatic heterocycles. The van der Waals surface area contributed by atoms with Crippen molar-refractivity contribution in [3.05, 3.63) is 24.5 Å². The number of carboxylic acids is 1. The van der Waals surface area contributed by atoms with Gasteiger partial charge in [-0.05, 0) is 18.6 Å². The summed E-state index contributed by atoms with van der Waals surface area (Å²) in [6.07, 6.45) is 3.83. The van der Waals surface area contributed by atoms with Gasteiger partial charge in [0.1, 0.15) is 0 Å². The van der Waals surface area contributed by atoms with Crippen LogP contribution in [-0.2, 0) is 9.59 Å². The SMILES string of the molecule is O=C(O)[C@H]1C[C@H]1C(=O)Nn1cccc1. The van der Waals surface area contributed by atoms with Crippen molar-refractivity contribution < 1.29 is 14.7 Å². The van der Waals surface area contributed by atoms with Crippen molar-refractivity contribution in [1.82, 2.24) is 4.68 Å². The molecule has 1 amide bonds. The van der Waals surface area contributed by atoms with Crippen LogP contribution >= 0.6 is 0 Å². The van der Waals surface area contributed by atoms with Gasteiger partial charge in [-0.3, -0.25) is 19.7 Å². The van der Waals surface area contributed by atoms with Crippen LogP contribution in [-0.4, -0.2) is 21.7 Å². The molecule has 0 saturated heterocycles. The molecule has 5 heteroatoms. The Hall–Kier alpha value is -1.78. The molecule has 2 N–H and O–H groups in total. The van der Waals surface area contributed by atoms with Gasteiger partial charge in [-0.1, -0.05) is 0 Å². The molecule has 1 heterocycles. The lowest BCUT2D eigenvalue weighted by Crippen LogP contribution is -2.24. The van der Waals surface area contributed by atoms with Crippen molar-refractivity contribution in [2.45, 2.75) is 6.42 Å². The number of aromatic nitrogens is 1. The van der Waals surface area contributed by atoms with Gasteiger partial charge in [0.25, 0.3) is 0 Å². The van der Waals surface area contributed by atoms with Gasteiger partial charge in [0.15, 0.2) is 0 Å². The average molecular weight is 194 g/mol. The van der Waals surface area contributed by atoms with Crippen LogP contribution in [0.4, 0.5) is 0 Å². The molecule has 0 radical (unpaired) electrons. The predicted octanol–water partition coefficient (Wildman–Crippen LogP) is 0.279. The lowest BCUT2D eigenvalue weighted by Gasteiger charge is -2.04. The smallest absolute Gasteiger partial charge is 0.307 e. The zero-order valence-electron chi connectivity index (χ0n) is 7.38. The van der Waals surface area contributed by atoms with Crippen LogP contribution in [0.25, 0.3) is 0 Å². The normalized spacial score (nSPS) is 24.3. The first-order valence-corrected chi connectivity index (χ1v) is 4.35. The molecule has 14 heavy (non-hydrogen) atoms. The van der Waals surface area contributed by atoms with E-state index in [1.165, 1.54) is 4.68 Å². The molecular formula is C9H10N2O3.